The van der Waals surface area contributed by atoms with Crippen molar-refractivity contribution >= 4 is 14.3 Å². The third-order valence-corrected chi connectivity index (χ3v) is 3.04. The quantitative estimate of drug-likeness (QED) is 0.597. The summed E-state index contributed by atoms with van der Waals surface area (Å²) >= 11 is 0. The van der Waals surface area contributed by atoms with Crippen molar-refractivity contribution in [3.8, 4) is 5.75 Å². The van der Waals surface area contributed by atoms with E-state index in [1.807, 2.05) is 24.3 Å². The van der Waals surface area contributed by atoms with Crippen molar-refractivity contribution in [2.75, 3.05) is 7.11 Å². The Labute approximate surface area is 104 Å². The highest BCUT2D eigenvalue weighted by Crippen LogP contribution is 2.17. The Kier molecular flexibility index (Phi) is 4.75. The van der Waals surface area contributed by atoms with Crippen LogP contribution in [0.4, 0.5) is 0 Å². The molecule has 0 aliphatic rings. The zero-order chi connectivity index (χ0) is 12.9. The van der Waals surface area contributed by atoms with Crippen molar-refractivity contribution in [2.24, 2.45) is 0 Å². The fraction of sp³-hybridized carbons (Fsp3) is 0.462. The number of rotatable bonds is 5. The van der Waals surface area contributed by atoms with E-state index in [1.54, 1.807) is 0 Å². The number of ether oxygens (including phenoxy) is 1. The van der Waals surface area contributed by atoms with Crippen molar-refractivity contribution in [3.63, 3.8) is 0 Å². The van der Waals surface area contributed by atoms with E-state index in [-0.39, 0.29) is 5.97 Å². The largest absolute Gasteiger partial charge is 0.544 e. The van der Waals surface area contributed by atoms with Crippen molar-refractivity contribution < 1.29 is 14.0 Å². The average molecular weight is 252 g/mol. The van der Waals surface area contributed by atoms with Crippen LogP contribution in [0, 0.1) is 0 Å². The van der Waals surface area contributed by atoms with E-state index in [4.69, 9.17) is 4.43 Å². The molecule has 3 nitrogen and oxygen atoms in total. The predicted octanol–water partition coefficient (Wildman–Crippen LogP) is 3.01. The Bertz CT molecular complexity index is 365. The maximum Gasteiger partial charge on any atom is 0.305 e. The third kappa shape index (κ3) is 5.54. The summed E-state index contributed by atoms with van der Waals surface area (Å²) in [6.07, 6.45) is 1.13. The highest BCUT2D eigenvalue weighted by molar-refractivity contribution is 6.70. The number of esters is 1. The van der Waals surface area contributed by atoms with Gasteiger partial charge in [0.05, 0.1) is 7.11 Å². The van der Waals surface area contributed by atoms with Gasteiger partial charge < -0.3 is 9.16 Å². The predicted molar refractivity (Wildman–Crippen MR) is 70.8 cm³/mol. The zero-order valence-electron chi connectivity index (χ0n) is 10.9. The summed E-state index contributed by atoms with van der Waals surface area (Å²) in [5.74, 6) is 0.735. The third-order valence-electron chi connectivity index (χ3n) is 2.19. The van der Waals surface area contributed by atoms with Gasteiger partial charge in [-0.05, 0) is 43.8 Å². The summed E-state index contributed by atoms with van der Waals surface area (Å²) in [7, 11) is -0.122. The molecule has 0 aliphatic heterocycles. The second-order valence-electron chi connectivity index (χ2n) is 4.93. The minimum atomic E-state index is -1.53. The minimum Gasteiger partial charge on any atom is -0.544 e. The first-order valence-electron chi connectivity index (χ1n) is 5.75. The van der Waals surface area contributed by atoms with E-state index in [0.29, 0.717) is 12.8 Å². The van der Waals surface area contributed by atoms with E-state index >= 15 is 0 Å². The minimum absolute atomic E-state index is 0.174. The van der Waals surface area contributed by atoms with Gasteiger partial charge in [0.1, 0.15) is 5.75 Å². The van der Waals surface area contributed by atoms with Crippen LogP contribution < -0.4 is 4.43 Å². The zero-order valence-corrected chi connectivity index (χ0v) is 11.9. The smallest absolute Gasteiger partial charge is 0.305 e. The molecular formula is C13H20O3Si. The van der Waals surface area contributed by atoms with Gasteiger partial charge >= 0.3 is 5.97 Å². The molecule has 0 N–H and O–H groups in total. The molecule has 94 valence electrons. The number of benzene rings is 1. The summed E-state index contributed by atoms with van der Waals surface area (Å²) in [6, 6.07) is 7.92. The first-order chi connectivity index (χ1) is 7.90. The van der Waals surface area contributed by atoms with Crippen molar-refractivity contribution in [1.82, 2.24) is 0 Å². The van der Waals surface area contributed by atoms with Gasteiger partial charge in [-0.15, -0.1) is 0 Å². The van der Waals surface area contributed by atoms with Crippen LogP contribution in [0.1, 0.15) is 12.0 Å². The van der Waals surface area contributed by atoms with Gasteiger partial charge in [-0.3, -0.25) is 4.79 Å². The first kappa shape index (κ1) is 13.8. The maximum absolute atomic E-state index is 11.0. The topological polar surface area (TPSA) is 35.5 Å². The van der Waals surface area contributed by atoms with Gasteiger partial charge in [0.15, 0.2) is 0 Å². The van der Waals surface area contributed by atoms with E-state index in [2.05, 4.69) is 24.4 Å². The molecule has 0 heterocycles. The molecule has 0 amide bonds. The molecule has 0 bridgehead atoms. The van der Waals surface area contributed by atoms with E-state index in [0.717, 1.165) is 11.3 Å². The Morgan fingerprint density at radius 1 is 1.18 bits per heavy atom. The van der Waals surface area contributed by atoms with Crippen molar-refractivity contribution in [1.29, 1.82) is 0 Å². The SMILES string of the molecule is COC(=O)CCc1ccc(O[Si](C)(C)C)cc1. The molecule has 0 atom stereocenters. The summed E-state index contributed by atoms with van der Waals surface area (Å²) < 4.78 is 10.5. The summed E-state index contributed by atoms with van der Waals surface area (Å²) in [4.78, 5) is 11.0. The van der Waals surface area contributed by atoms with Gasteiger partial charge in [-0.25, -0.2) is 0 Å². The Balaban J connectivity index is 2.53. The number of hydrogen-bond acceptors (Lipinski definition) is 3. The molecule has 0 unspecified atom stereocenters. The second kappa shape index (κ2) is 5.86. The summed E-state index contributed by atoms with van der Waals surface area (Å²) in [6.45, 7) is 6.45. The molecule has 0 saturated heterocycles. The lowest BCUT2D eigenvalue weighted by Crippen LogP contribution is -2.29. The highest BCUT2D eigenvalue weighted by atomic mass is 28.4. The normalized spacial score (nSPS) is 11.1. The highest BCUT2D eigenvalue weighted by Gasteiger charge is 2.15. The van der Waals surface area contributed by atoms with Gasteiger partial charge in [0.25, 0.3) is 0 Å². The van der Waals surface area contributed by atoms with Gasteiger partial charge in [0, 0.05) is 6.42 Å². The van der Waals surface area contributed by atoms with Crippen LogP contribution in [-0.2, 0) is 16.0 Å². The summed E-state index contributed by atoms with van der Waals surface area (Å²) in [5.41, 5.74) is 1.12. The number of hydrogen-bond donors (Lipinski definition) is 0. The average Bonchev–Trinajstić information content (AvgIpc) is 2.25. The van der Waals surface area contributed by atoms with Crippen LogP contribution in [0.25, 0.3) is 0 Å². The molecule has 0 radical (unpaired) electrons. The molecule has 0 aromatic heterocycles. The molecule has 17 heavy (non-hydrogen) atoms. The van der Waals surface area contributed by atoms with Crippen LogP contribution >= 0.6 is 0 Å². The fourth-order valence-electron chi connectivity index (χ4n) is 1.43. The molecule has 1 aromatic carbocycles. The molecular weight excluding hydrogens is 232 g/mol. The number of carbonyl (C=O) groups is 1. The van der Waals surface area contributed by atoms with Crippen molar-refractivity contribution in [2.45, 2.75) is 32.5 Å². The Morgan fingerprint density at radius 3 is 2.24 bits per heavy atom. The fourth-order valence-corrected chi connectivity index (χ4v) is 2.27. The van der Waals surface area contributed by atoms with E-state index in [9.17, 15) is 4.79 Å². The van der Waals surface area contributed by atoms with Crippen LogP contribution in [0.15, 0.2) is 24.3 Å². The molecule has 4 heteroatoms. The maximum atomic E-state index is 11.0. The van der Waals surface area contributed by atoms with Gasteiger partial charge in [0.2, 0.25) is 8.32 Å². The lowest BCUT2D eigenvalue weighted by molar-refractivity contribution is -0.140. The lowest BCUT2D eigenvalue weighted by atomic mass is 10.1. The Hall–Kier alpha value is -1.29. The van der Waals surface area contributed by atoms with Crippen molar-refractivity contribution in [3.05, 3.63) is 29.8 Å². The number of carbonyl (C=O) groups excluding carboxylic acids is 1. The van der Waals surface area contributed by atoms with Crippen LogP contribution in [0.3, 0.4) is 0 Å². The van der Waals surface area contributed by atoms with Gasteiger partial charge in [-0.1, -0.05) is 12.1 Å². The lowest BCUT2D eigenvalue weighted by Gasteiger charge is -2.19. The van der Waals surface area contributed by atoms with Crippen LogP contribution in [0.2, 0.25) is 19.6 Å². The van der Waals surface area contributed by atoms with E-state index < -0.39 is 8.32 Å². The first-order valence-corrected chi connectivity index (χ1v) is 9.16. The number of aryl methyl sites for hydroxylation is 1. The monoisotopic (exact) mass is 252 g/mol. The Morgan fingerprint density at radius 2 is 1.76 bits per heavy atom. The molecule has 0 aliphatic carbocycles. The van der Waals surface area contributed by atoms with Crippen LogP contribution in [0.5, 0.6) is 5.75 Å². The van der Waals surface area contributed by atoms with Gasteiger partial charge in [-0.2, -0.15) is 0 Å². The second-order valence-corrected chi connectivity index (χ2v) is 9.36. The molecule has 0 spiro atoms. The molecule has 0 fully saturated rings. The molecule has 0 saturated carbocycles. The molecule has 1 rings (SSSR count). The van der Waals surface area contributed by atoms with Crippen LogP contribution in [-0.4, -0.2) is 21.4 Å². The molecule has 1 aromatic rings. The standard InChI is InChI=1S/C13H20O3Si/c1-15-13(14)10-7-11-5-8-12(9-6-11)16-17(2,3)4/h5-6,8-9H,7,10H2,1-4H3. The summed E-state index contributed by atoms with van der Waals surface area (Å²) in [5, 5.41) is 0. The van der Waals surface area contributed by atoms with E-state index in [1.165, 1.54) is 7.11 Å². The number of methoxy groups -OCH3 is 1.